The number of carbonyl (C=O) groups excluding carboxylic acids is 1. The molecule has 0 saturated carbocycles. The number of nitrogens with one attached hydrogen (secondary N) is 1. The van der Waals surface area contributed by atoms with E-state index >= 15 is 0 Å². The first-order chi connectivity index (χ1) is 9.43. The van der Waals surface area contributed by atoms with Crippen LogP contribution in [-0.2, 0) is 16.0 Å². The third-order valence-corrected chi connectivity index (χ3v) is 4.02. The molecule has 2 rings (SSSR count). The van der Waals surface area contributed by atoms with Crippen LogP contribution in [0.2, 0.25) is 0 Å². The SMILES string of the molecule is Cc1cc(F)ccc1CCNC(=O)C1(C)COCC1N. The lowest BCUT2D eigenvalue weighted by molar-refractivity contribution is -0.130. The van der Waals surface area contributed by atoms with E-state index in [1.54, 1.807) is 6.07 Å². The van der Waals surface area contributed by atoms with E-state index in [1.165, 1.54) is 12.1 Å². The van der Waals surface area contributed by atoms with Gasteiger partial charge in [0.1, 0.15) is 5.82 Å². The van der Waals surface area contributed by atoms with E-state index in [0.29, 0.717) is 26.2 Å². The number of rotatable bonds is 4. The van der Waals surface area contributed by atoms with Gasteiger partial charge >= 0.3 is 0 Å². The van der Waals surface area contributed by atoms with Gasteiger partial charge in [-0.05, 0) is 43.5 Å². The molecule has 0 aliphatic carbocycles. The average molecular weight is 280 g/mol. The number of amides is 1. The maximum atomic E-state index is 13.0. The van der Waals surface area contributed by atoms with Gasteiger partial charge in [-0.3, -0.25) is 4.79 Å². The van der Waals surface area contributed by atoms with E-state index in [4.69, 9.17) is 10.5 Å². The molecular formula is C15H21FN2O2. The predicted octanol–water partition coefficient (Wildman–Crippen LogP) is 1.16. The number of halogens is 1. The van der Waals surface area contributed by atoms with Gasteiger partial charge in [0, 0.05) is 12.6 Å². The van der Waals surface area contributed by atoms with Crippen LogP contribution in [0.3, 0.4) is 0 Å². The molecule has 1 aliphatic heterocycles. The van der Waals surface area contributed by atoms with Crippen molar-refractivity contribution in [1.82, 2.24) is 5.32 Å². The van der Waals surface area contributed by atoms with Crippen LogP contribution in [0.4, 0.5) is 4.39 Å². The van der Waals surface area contributed by atoms with Crippen LogP contribution in [0, 0.1) is 18.2 Å². The fourth-order valence-corrected chi connectivity index (χ4v) is 2.38. The van der Waals surface area contributed by atoms with Gasteiger partial charge in [-0.2, -0.15) is 0 Å². The van der Waals surface area contributed by atoms with Crippen LogP contribution >= 0.6 is 0 Å². The summed E-state index contributed by atoms with van der Waals surface area (Å²) < 4.78 is 18.3. The normalized spacial score (nSPS) is 25.7. The second-order valence-electron chi connectivity index (χ2n) is 5.62. The Morgan fingerprint density at radius 1 is 1.60 bits per heavy atom. The highest BCUT2D eigenvalue weighted by Gasteiger charge is 2.44. The topological polar surface area (TPSA) is 64.3 Å². The molecule has 0 bridgehead atoms. The first kappa shape index (κ1) is 14.9. The van der Waals surface area contributed by atoms with Crippen LogP contribution in [0.25, 0.3) is 0 Å². The molecule has 0 radical (unpaired) electrons. The average Bonchev–Trinajstić information content (AvgIpc) is 2.73. The van der Waals surface area contributed by atoms with E-state index in [0.717, 1.165) is 11.1 Å². The largest absolute Gasteiger partial charge is 0.379 e. The zero-order chi connectivity index (χ0) is 14.8. The summed E-state index contributed by atoms with van der Waals surface area (Å²) in [5.74, 6) is -0.320. The summed E-state index contributed by atoms with van der Waals surface area (Å²) in [6.07, 6.45) is 0.671. The Morgan fingerprint density at radius 3 is 2.95 bits per heavy atom. The molecular weight excluding hydrogens is 259 g/mol. The monoisotopic (exact) mass is 280 g/mol. The van der Waals surface area contributed by atoms with Crippen molar-refractivity contribution < 1.29 is 13.9 Å². The molecule has 1 fully saturated rings. The van der Waals surface area contributed by atoms with Crippen LogP contribution in [0.15, 0.2) is 18.2 Å². The summed E-state index contributed by atoms with van der Waals surface area (Å²) in [6.45, 7) is 4.97. The molecule has 1 aliphatic rings. The van der Waals surface area contributed by atoms with Crippen molar-refractivity contribution >= 4 is 5.91 Å². The fraction of sp³-hybridized carbons (Fsp3) is 0.533. The Kier molecular flexibility index (Phi) is 4.40. The number of carbonyl (C=O) groups is 1. The van der Waals surface area contributed by atoms with Gasteiger partial charge in [0.15, 0.2) is 0 Å². The lowest BCUT2D eigenvalue weighted by Gasteiger charge is -2.25. The standard InChI is InChI=1S/C15H21FN2O2/c1-10-7-12(16)4-3-11(10)5-6-18-14(19)15(2)9-20-8-13(15)17/h3-4,7,13H,5-6,8-9,17H2,1-2H3,(H,18,19). The van der Waals surface area contributed by atoms with Crippen molar-refractivity contribution in [3.8, 4) is 0 Å². The van der Waals surface area contributed by atoms with E-state index < -0.39 is 5.41 Å². The number of ether oxygens (including phenoxy) is 1. The summed E-state index contributed by atoms with van der Waals surface area (Å²) in [5, 5.41) is 2.89. The van der Waals surface area contributed by atoms with E-state index in [9.17, 15) is 9.18 Å². The molecule has 3 N–H and O–H groups in total. The molecule has 0 spiro atoms. The second-order valence-corrected chi connectivity index (χ2v) is 5.62. The number of hydrogen-bond donors (Lipinski definition) is 2. The highest BCUT2D eigenvalue weighted by atomic mass is 19.1. The van der Waals surface area contributed by atoms with Crippen molar-refractivity contribution in [2.24, 2.45) is 11.1 Å². The van der Waals surface area contributed by atoms with Gasteiger partial charge in [0.05, 0.1) is 18.6 Å². The molecule has 0 aromatic heterocycles. The molecule has 1 heterocycles. The third kappa shape index (κ3) is 2.99. The van der Waals surface area contributed by atoms with Crippen molar-refractivity contribution in [3.05, 3.63) is 35.1 Å². The lowest BCUT2D eigenvalue weighted by Crippen LogP contribution is -2.50. The zero-order valence-corrected chi connectivity index (χ0v) is 11.9. The lowest BCUT2D eigenvalue weighted by atomic mass is 9.85. The summed E-state index contributed by atoms with van der Waals surface area (Å²) >= 11 is 0. The van der Waals surface area contributed by atoms with E-state index in [-0.39, 0.29) is 17.8 Å². The predicted molar refractivity (Wildman–Crippen MR) is 74.8 cm³/mol. The first-order valence-electron chi connectivity index (χ1n) is 6.80. The van der Waals surface area contributed by atoms with E-state index in [1.807, 2.05) is 13.8 Å². The number of nitrogens with two attached hydrogens (primary N) is 1. The Balaban J connectivity index is 1.88. The molecule has 110 valence electrons. The Bertz CT molecular complexity index is 507. The molecule has 2 unspecified atom stereocenters. The maximum Gasteiger partial charge on any atom is 0.229 e. The van der Waals surface area contributed by atoms with Crippen LogP contribution < -0.4 is 11.1 Å². The van der Waals surface area contributed by atoms with Gasteiger partial charge in [-0.15, -0.1) is 0 Å². The van der Waals surface area contributed by atoms with Crippen LogP contribution in [0.5, 0.6) is 0 Å². The molecule has 1 aromatic carbocycles. The molecule has 1 amide bonds. The Labute approximate surface area is 118 Å². The van der Waals surface area contributed by atoms with Crippen molar-refractivity contribution in [2.75, 3.05) is 19.8 Å². The van der Waals surface area contributed by atoms with Gasteiger partial charge in [-0.25, -0.2) is 4.39 Å². The highest BCUT2D eigenvalue weighted by molar-refractivity contribution is 5.83. The van der Waals surface area contributed by atoms with Gasteiger partial charge in [-0.1, -0.05) is 6.07 Å². The minimum absolute atomic E-state index is 0.0812. The van der Waals surface area contributed by atoms with Gasteiger partial charge in [0.25, 0.3) is 0 Å². The number of hydrogen-bond acceptors (Lipinski definition) is 3. The highest BCUT2D eigenvalue weighted by Crippen LogP contribution is 2.27. The maximum absolute atomic E-state index is 13.0. The number of benzene rings is 1. The molecule has 1 aromatic rings. The van der Waals surface area contributed by atoms with Crippen LogP contribution in [0.1, 0.15) is 18.1 Å². The zero-order valence-electron chi connectivity index (χ0n) is 11.9. The summed E-state index contributed by atoms with van der Waals surface area (Å²) in [6, 6.07) is 4.42. The summed E-state index contributed by atoms with van der Waals surface area (Å²) in [7, 11) is 0. The second kappa shape index (κ2) is 5.89. The minimum atomic E-state index is -0.655. The quantitative estimate of drug-likeness (QED) is 0.870. The molecule has 2 atom stereocenters. The Morgan fingerprint density at radius 2 is 2.35 bits per heavy atom. The Hall–Kier alpha value is -1.46. The molecule has 20 heavy (non-hydrogen) atoms. The first-order valence-corrected chi connectivity index (χ1v) is 6.80. The number of aryl methyl sites for hydroxylation is 1. The van der Waals surface area contributed by atoms with Crippen molar-refractivity contribution in [3.63, 3.8) is 0 Å². The molecule has 4 nitrogen and oxygen atoms in total. The van der Waals surface area contributed by atoms with E-state index in [2.05, 4.69) is 5.32 Å². The van der Waals surface area contributed by atoms with Gasteiger partial charge in [0.2, 0.25) is 5.91 Å². The van der Waals surface area contributed by atoms with Crippen molar-refractivity contribution in [1.29, 1.82) is 0 Å². The fourth-order valence-electron chi connectivity index (χ4n) is 2.38. The smallest absolute Gasteiger partial charge is 0.229 e. The van der Waals surface area contributed by atoms with Crippen LogP contribution in [-0.4, -0.2) is 31.7 Å². The molecule has 5 heteroatoms. The third-order valence-electron chi connectivity index (χ3n) is 4.02. The van der Waals surface area contributed by atoms with Gasteiger partial charge < -0.3 is 15.8 Å². The molecule has 1 saturated heterocycles. The summed E-state index contributed by atoms with van der Waals surface area (Å²) in [4.78, 5) is 12.2. The van der Waals surface area contributed by atoms with Crippen molar-refractivity contribution in [2.45, 2.75) is 26.3 Å². The summed E-state index contributed by atoms with van der Waals surface area (Å²) in [5.41, 5.74) is 7.18. The minimum Gasteiger partial charge on any atom is -0.379 e.